The van der Waals surface area contributed by atoms with Crippen LogP contribution in [0.3, 0.4) is 0 Å². The third-order valence-electron chi connectivity index (χ3n) is 2.43. The fraction of sp³-hybridized carbons (Fsp3) is 0.133. The van der Waals surface area contributed by atoms with Crippen molar-refractivity contribution in [3.63, 3.8) is 0 Å². The standard InChI is InChI=1S/C15H13BrO3/c16-13-4-6-14(7-5-13)18-8-9-19-15-3-1-2-12(10-15)11-17/h1-7,10-11H,8-9H2. The van der Waals surface area contributed by atoms with E-state index in [4.69, 9.17) is 9.47 Å². The van der Waals surface area contributed by atoms with Gasteiger partial charge < -0.3 is 9.47 Å². The van der Waals surface area contributed by atoms with Gasteiger partial charge in [0.05, 0.1) is 0 Å². The Morgan fingerprint density at radius 3 is 2.32 bits per heavy atom. The highest BCUT2D eigenvalue weighted by Gasteiger charge is 1.97. The molecule has 0 aromatic heterocycles. The van der Waals surface area contributed by atoms with Crippen LogP contribution in [0.25, 0.3) is 0 Å². The summed E-state index contributed by atoms with van der Waals surface area (Å²) in [5, 5.41) is 0. The highest BCUT2D eigenvalue weighted by molar-refractivity contribution is 9.10. The molecule has 0 heterocycles. The maximum atomic E-state index is 10.6. The fourth-order valence-corrected chi connectivity index (χ4v) is 1.79. The quantitative estimate of drug-likeness (QED) is 0.601. The molecule has 0 N–H and O–H groups in total. The molecule has 0 spiro atoms. The molecule has 2 rings (SSSR count). The molecular weight excluding hydrogens is 308 g/mol. The normalized spacial score (nSPS) is 9.95. The fourth-order valence-electron chi connectivity index (χ4n) is 1.53. The van der Waals surface area contributed by atoms with Gasteiger partial charge in [0.15, 0.2) is 0 Å². The van der Waals surface area contributed by atoms with Gasteiger partial charge in [-0.05, 0) is 36.4 Å². The molecule has 0 bridgehead atoms. The van der Waals surface area contributed by atoms with Gasteiger partial charge in [-0.15, -0.1) is 0 Å². The Labute approximate surface area is 120 Å². The molecule has 98 valence electrons. The molecule has 2 aromatic carbocycles. The average Bonchev–Trinajstić information content (AvgIpc) is 2.46. The predicted octanol–water partition coefficient (Wildman–Crippen LogP) is 3.72. The van der Waals surface area contributed by atoms with Gasteiger partial charge in [-0.25, -0.2) is 0 Å². The molecule has 3 nitrogen and oxygen atoms in total. The Hall–Kier alpha value is -1.81. The van der Waals surface area contributed by atoms with E-state index in [2.05, 4.69) is 15.9 Å². The Kier molecular flexibility index (Phi) is 4.98. The summed E-state index contributed by atoms with van der Waals surface area (Å²) in [5.41, 5.74) is 0.603. The van der Waals surface area contributed by atoms with Crippen molar-refractivity contribution in [2.24, 2.45) is 0 Å². The van der Waals surface area contributed by atoms with E-state index in [1.807, 2.05) is 30.3 Å². The van der Waals surface area contributed by atoms with Crippen LogP contribution in [0, 0.1) is 0 Å². The minimum Gasteiger partial charge on any atom is -0.490 e. The van der Waals surface area contributed by atoms with E-state index in [0.29, 0.717) is 24.5 Å². The van der Waals surface area contributed by atoms with Gasteiger partial charge in [-0.1, -0.05) is 28.1 Å². The van der Waals surface area contributed by atoms with E-state index in [1.165, 1.54) is 0 Å². The first-order valence-corrected chi connectivity index (χ1v) is 6.63. The first kappa shape index (κ1) is 13.6. The van der Waals surface area contributed by atoms with Crippen LogP contribution < -0.4 is 9.47 Å². The number of halogens is 1. The zero-order valence-electron chi connectivity index (χ0n) is 10.2. The molecule has 0 aliphatic heterocycles. The third-order valence-corrected chi connectivity index (χ3v) is 2.96. The van der Waals surface area contributed by atoms with Crippen molar-refractivity contribution in [3.05, 3.63) is 58.6 Å². The molecule has 0 atom stereocenters. The van der Waals surface area contributed by atoms with Crippen LogP contribution in [0.5, 0.6) is 11.5 Å². The maximum Gasteiger partial charge on any atom is 0.150 e. The summed E-state index contributed by atoms with van der Waals surface area (Å²) in [6.07, 6.45) is 0.797. The zero-order chi connectivity index (χ0) is 13.5. The first-order chi connectivity index (χ1) is 9.28. The third kappa shape index (κ3) is 4.41. The van der Waals surface area contributed by atoms with Crippen LogP contribution in [-0.4, -0.2) is 19.5 Å². The van der Waals surface area contributed by atoms with E-state index >= 15 is 0 Å². The summed E-state index contributed by atoms with van der Waals surface area (Å²) < 4.78 is 12.0. The van der Waals surface area contributed by atoms with Gasteiger partial charge in [-0.2, -0.15) is 0 Å². The zero-order valence-corrected chi connectivity index (χ0v) is 11.8. The number of carbonyl (C=O) groups excluding carboxylic acids is 1. The number of aldehydes is 1. The molecule has 4 heteroatoms. The number of rotatable bonds is 6. The SMILES string of the molecule is O=Cc1cccc(OCCOc2ccc(Br)cc2)c1. The van der Waals surface area contributed by atoms with E-state index in [1.54, 1.807) is 18.2 Å². The number of ether oxygens (including phenoxy) is 2. The van der Waals surface area contributed by atoms with Crippen molar-refractivity contribution in [1.82, 2.24) is 0 Å². The van der Waals surface area contributed by atoms with Crippen molar-refractivity contribution in [1.29, 1.82) is 0 Å². The molecule has 0 radical (unpaired) electrons. The lowest BCUT2D eigenvalue weighted by atomic mass is 10.2. The van der Waals surface area contributed by atoms with Crippen LogP contribution >= 0.6 is 15.9 Å². The van der Waals surface area contributed by atoms with Gasteiger partial charge in [-0.3, -0.25) is 4.79 Å². The van der Waals surface area contributed by atoms with E-state index in [-0.39, 0.29) is 0 Å². The van der Waals surface area contributed by atoms with Gasteiger partial charge in [0.25, 0.3) is 0 Å². The van der Waals surface area contributed by atoms with Crippen molar-refractivity contribution in [2.45, 2.75) is 0 Å². The van der Waals surface area contributed by atoms with Gasteiger partial charge in [0, 0.05) is 10.0 Å². The monoisotopic (exact) mass is 320 g/mol. The molecule has 0 amide bonds. The predicted molar refractivity (Wildman–Crippen MR) is 77.0 cm³/mol. The van der Waals surface area contributed by atoms with Crippen molar-refractivity contribution >= 4 is 22.2 Å². The highest BCUT2D eigenvalue weighted by atomic mass is 79.9. The lowest BCUT2D eigenvalue weighted by molar-refractivity contribution is 0.112. The molecule has 0 aliphatic carbocycles. The lowest BCUT2D eigenvalue weighted by Crippen LogP contribution is -2.09. The first-order valence-electron chi connectivity index (χ1n) is 5.84. The Balaban J connectivity index is 1.77. The number of hydrogen-bond donors (Lipinski definition) is 0. The van der Waals surface area contributed by atoms with Crippen LogP contribution in [0.15, 0.2) is 53.0 Å². The van der Waals surface area contributed by atoms with E-state index in [0.717, 1.165) is 16.5 Å². The van der Waals surface area contributed by atoms with Crippen LogP contribution in [0.1, 0.15) is 10.4 Å². The van der Waals surface area contributed by atoms with Crippen LogP contribution in [0.2, 0.25) is 0 Å². The summed E-state index contributed by atoms with van der Waals surface area (Å²) in [5.74, 6) is 1.47. The minimum atomic E-state index is 0.429. The molecule has 0 fully saturated rings. The van der Waals surface area contributed by atoms with Gasteiger partial charge in [0.1, 0.15) is 31.0 Å². The summed E-state index contributed by atoms with van der Waals surface area (Å²) >= 11 is 3.36. The lowest BCUT2D eigenvalue weighted by Gasteiger charge is -2.08. The minimum absolute atomic E-state index is 0.429. The summed E-state index contributed by atoms with van der Waals surface area (Å²) in [7, 11) is 0. The Morgan fingerprint density at radius 2 is 1.63 bits per heavy atom. The van der Waals surface area contributed by atoms with E-state index < -0.39 is 0 Å². The molecule has 19 heavy (non-hydrogen) atoms. The second-order valence-corrected chi connectivity index (χ2v) is 4.76. The molecule has 2 aromatic rings. The molecule has 0 saturated carbocycles. The highest BCUT2D eigenvalue weighted by Crippen LogP contribution is 2.16. The largest absolute Gasteiger partial charge is 0.490 e. The number of carbonyl (C=O) groups is 1. The summed E-state index contributed by atoms with van der Waals surface area (Å²) in [6.45, 7) is 0.880. The smallest absolute Gasteiger partial charge is 0.150 e. The molecule has 0 saturated heterocycles. The molecule has 0 unspecified atom stereocenters. The number of hydrogen-bond acceptors (Lipinski definition) is 3. The second kappa shape index (κ2) is 6.95. The van der Waals surface area contributed by atoms with Crippen LogP contribution in [0.4, 0.5) is 0 Å². The number of benzene rings is 2. The van der Waals surface area contributed by atoms with E-state index in [9.17, 15) is 4.79 Å². The molecule has 0 aliphatic rings. The Bertz CT molecular complexity index is 537. The second-order valence-electron chi connectivity index (χ2n) is 3.84. The van der Waals surface area contributed by atoms with Crippen molar-refractivity contribution in [2.75, 3.05) is 13.2 Å². The summed E-state index contributed by atoms with van der Waals surface area (Å²) in [6, 6.07) is 14.6. The van der Waals surface area contributed by atoms with Crippen molar-refractivity contribution in [3.8, 4) is 11.5 Å². The maximum absolute atomic E-state index is 10.6. The summed E-state index contributed by atoms with van der Waals surface area (Å²) in [4.78, 5) is 10.6. The Morgan fingerprint density at radius 1 is 0.947 bits per heavy atom. The van der Waals surface area contributed by atoms with Crippen LogP contribution in [-0.2, 0) is 0 Å². The van der Waals surface area contributed by atoms with Crippen molar-refractivity contribution < 1.29 is 14.3 Å². The molecular formula is C15H13BrO3. The van der Waals surface area contributed by atoms with Gasteiger partial charge >= 0.3 is 0 Å². The van der Waals surface area contributed by atoms with Gasteiger partial charge in [0.2, 0.25) is 0 Å². The average molecular weight is 321 g/mol. The topological polar surface area (TPSA) is 35.5 Å².